The van der Waals surface area contributed by atoms with Gasteiger partial charge in [0.05, 0.1) is 6.54 Å². The van der Waals surface area contributed by atoms with Crippen molar-refractivity contribution in [3.8, 4) is 0 Å². The zero-order valence-corrected chi connectivity index (χ0v) is 17.0. The number of nitrogens with zero attached hydrogens (tertiary/aromatic N) is 2. The van der Waals surface area contributed by atoms with E-state index in [1.165, 1.54) is 0 Å². The number of nitrogen functional groups attached to an aromatic ring is 1. The Morgan fingerprint density at radius 3 is 2.03 bits per heavy atom. The maximum Gasteiger partial charge on any atom is 0.325 e. The average molecular weight is 388 g/mol. The van der Waals surface area contributed by atoms with Crippen molar-refractivity contribution in [3.05, 3.63) is 96.1 Å². The minimum atomic E-state index is -0.00300. The van der Waals surface area contributed by atoms with Gasteiger partial charge in [-0.25, -0.2) is 4.79 Å². The molecule has 3 aromatic carbocycles. The fraction of sp³-hybridized carbons (Fsp3) is 0.240. The molecule has 0 fully saturated rings. The van der Waals surface area contributed by atoms with E-state index in [0.717, 1.165) is 36.2 Å². The largest absolute Gasteiger partial charge is 0.399 e. The van der Waals surface area contributed by atoms with Gasteiger partial charge in [-0.1, -0.05) is 80.1 Å². The lowest BCUT2D eigenvalue weighted by Gasteiger charge is -2.31. The summed E-state index contributed by atoms with van der Waals surface area (Å²) in [7, 11) is 0. The molecule has 150 valence electrons. The average Bonchev–Trinajstić information content (AvgIpc) is 2.76. The van der Waals surface area contributed by atoms with Crippen LogP contribution >= 0.6 is 0 Å². The van der Waals surface area contributed by atoms with Gasteiger partial charge in [0, 0.05) is 24.5 Å². The van der Waals surface area contributed by atoms with Crippen molar-refractivity contribution in [2.24, 2.45) is 0 Å². The van der Waals surface area contributed by atoms with Gasteiger partial charge in [-0.05, 0) is 35.7 Å². The predicted octanol–water partition coefficient (Wildman–Crippen LogP) is 5.70. The van der Waals surface area contributed by atoms with Crippen LogP contribution in [0.1, 0.15) is 30.9 Å². The lowest BCUT2D eigenvalue weighted by atomic mass is 10.1. The molecule has 0 aliphatic heterocycles. The summed E-state index contributed by atoms with van der Waals surface area (Å²) in [5, 5.41) is 0. The predicted molar refractivity (Wildman–Crippen MR) is 121 cm³/mol. The second kappa shape index (κ2) is 10.3. The van der Waals surface area contributed by atoms with E-state index < -0.39 is 0 Å². The molecule has 0 radical (unpaired) electrons. The first-order chi connectivity index (χ1) is 14.2. The number of benzene rings is 3. The molecule has 4 heteroatoms. The molecule has 0 atom stereocenters. The quantitative estimate of drug-likeness (QED) is 0.504. The van der Waals surface area contributed by atoms with E-state index >= 15 is 0 Å². The van der Waals surface area contributed by atoms with Gasteiger partial charge in [0.25, 0.3) is 0 Å². The Balaban J connectivity index is 1.90. The molecule has 29 heavy (non-hydrogen) atoms. The molecular formula is C25H29N3O. The van der Waals surface area contributed by atoms with Crippen LogP contribution in [-0.4, -0.2) is 17.5 Å². The van der Waals surface area contributed by atoms with Gasteiger partial charge < -0.3 is 10.6 Å². The first-order valence-electron chi connectivity index (χ1n) is 10.2. The van der Waals surface area contributed by atoms with Crippen LogP contribution in [0.2, 0.25) is 0 Å². The van der Waals surface area contributed by atoms with Crippen LogP contribution in [0.25, 0.3) is 0 Å². The standard InChI is InChI=1S/C25H29N3O/c1-2-3-17-27(19-21-11-6-4-7-12-21)25(29)28(20-22-13-8-5-9-14-22)24-16-10-15-23(26)18-24/h4-16,18H,2-3,17,19-20,26H2,1H3. The number of carbonyl (C=O) groups is 1. The molecule has 2 N–H and O–H groups in total. The lowest BCUT2D eigenvalue weighted by Crippen LogP contribution is -2.43. The van der Waals surface area contributed by atoms with Crippen LogP contribution in [-0.2, 0) is 13.1 Å². The van der Waals surface area contributed by atoms with E-state index in [0.29, 0.717) is 18.8 Å². The van der Waals surface area contributed by atoms with Crippen LogP contribution in [0.15, 0.2) is 84.9 Å². The van der Waals surface area contributed by atoms with Gasteiger partial charge in [0.1, 0.15) is 0 Å². The first kappa shape index (κ1) is 20.5. The van der Waals surface area contributed by atoms with Crippen LogP contribution in [0.5, 0.6) is 0 Å². The molecule has 0 saturated heterocycles. The molecule has 0 aliphatic carbocycles. The number of rotatable bonds is 8. The molecule has 0 saturated carbocycles. The Kier molecular flexibility index (Phi) is 7.28. The van der Waals surface area contributed by atoms with E-state index in [-0.39, 0.29) is 6.03 Å². The third-order valence-electron chi connectivity index (χ3n) is 4.86. The molecule has 3 rings (SSSR count). The van der Waals surface area contributed by atoms with E-state index in [2.05, 4.69) is 19.1 Å². The Hall–Kier alpha value is -3.27. The zero-order valence-electron chi connectivity index (χ0n) is 17.0. The summed E-state index contributed by atoms with van der Waals surface area (Å²) in [6.07, 6.45) is 2.00. The van der Waals surface area contributed by atoms with Crippen molar-refractivity contribution >= 4 is 17.4 Å². The first-order valence-corrected chi connectivity index (χ1v) is 10.2. The molecule has 3 aromatic rings. The monoisotopic (exact) mass is 387 g/mol. The topological polar surface area (TPSA) is 49.6 Å². The molecule has 0 heterocycles. The molecule has 0 bridgehead atoms. The fourth-order valence-corrected chi connectivity index (χ4v) is 3.29. The van der Waals surface area contributed by atoms with Crippen molar-refractivity contribution < 1.29 is 4.79 Å². The van der Waals surface area contributed by atoms with E-state index in [4.69, 9.17) is 5.73 Å². The summed E-state index contributed by atoms with van der Waals surface area (Å²) in [5.74, 6) is 0. The van der Waals surface area contributed by atoms with E-state index in [1.54, 1.807) is 0 Å². The number of hydrogen-bond donors (Lipinski definition) is 1. The van der Waals surface area contributed by atoms with Crippen LogP contribution in [0, 0.1) is 0 Å². The highest BCUT2D eigenvalue weighted by molar-refractivity contribution is 5.92. The summed E-state index contributed by atoms with van der Waals surface area (Å²) >= 11 is 0. The number of nitrogens with two attached hydrogens (primary N) is 1. The highest BCUT2D eigenvalue weighted by Crippen LogP contribution is 2.23. The molecule has 0 aliphatic rings. The maximum atomic E-state index is 13.7. The summed E-state index contributed by atoms with van der Waals surface area (Å²) in [6, 6.07) is 27.7. The summed E-state index contributed by atoms with van der Waals surface area (Å²) in [6.45, 7) is 3.95. The summed E-state index contributed by atoms with van der Waals surface area (Å²) in [5.41, 5.74) is 9.69. The van der Waals surface area contributed by atoms with E-state index in [1.807, 2.05) is 82.6 Å². The van der Waals surface area contributed by atoms with Crippen LogP contribution < -0.4 is 10.6 Å². The molecule has 0 aromatic heterocycles. The van der Waals surface area contributed by atoms with Crippen molar-refractivity contribution in [3.63, 3.8) is 0 Å². The van der Waals surface area contributed by atoms with Gasteiger partial charge in [-0.15, -0.1) is 0 Å². The Labute approximate surface area is 173 Å². The second-order valence-corrected chi connectivity index (χ2v) is 7.21. The Morgan fingerprint density at radius 1 is 0.828 bits per heavy atom. The second-order valence-electron chi connectivity index (χ2n) is 7.21. The van der Waals surface area contributed by atoms with Gasteiger partial charge in [-0.2, -0.15) is 0 Å². The van der Waals surface area contributed by atoms with Crippen molar-refractivity contribution in [2.45, 2.75) is 32.9 Å². The smallest absolute Gasteiger partial charge is 0.325 e. The van der Waals surface area contributed by atoms with Crippen molar-refractivity contribution in [1.29, 1.82) is 0 Å². The summed E-state index contributed by atoms with van der Waals surface area (Å²) < 4.78 is 0. The number of anilines is 2. The van der Waals surface area contributed by atoms with E-state index in [9.17, 15) is 4.79 Å². The maximum absolute atomic E-state index is 13.7. The Bertz CT molecular complexity index is 896. The van der Waals surface area contributed by atoms with Gasteiger partial charge in [0.15, 0.2) is 0 Å². The van der Waals surface area contributed by atoms with Crippen molar-refractivity contribution in [1.82, 2.24) is 4.90 Å². The molecule has 0 unspecified atom stereocenters. The number of amides is 2. The summed E-state index contributed by atoms with van der Waals surface area (Å²) in [4.78, 5) is 17.4. The fourth-order valence-electron chi connectivity index (χ4n) is 3.29. The Morgan fingerprint density at radius 2 is 1.45 bits per heavy atom. The van der Waals surface area contributed by atoms with Crippen LogP contribution in [0.3, 0.4) is 0 Å². The molecular weight excluding hydrogens is 358 g/mol. The lowest BCUT2D eigenvalue weighted by molar-refractivity contribution is 0.200. The minimum Gasteiger partial charge on any atom is -0.399 e. The third kappa shape index (κ3) is 5.85. The SMILES string of the molecule is CCCCN(Cc1ccccc1)C(=O)N(Cc1ccccc1)c1cccc(N)c1. The zero-order chi connectivity index (χ0) is 20.5. The van der Waals surface area contributed by atoms with Gasteiger partial charge >= 0.3 is 6.03 Å². The number of carbonyl (C=O) groups excluding carboxylic acids is 1. The van der Waals surface area contributed by atoms with Crippen molar-refractivity contribution in [2.75, 3.05) is 17.2 Å². The number of urea groups is 1. The normalized spacial score (nSPS) is 10.5. The molecule has 4 nitrogen and oxygen atoms in total. The molecule has 2 amide bonds. The van der Waals surface area contributed by atoms with Gasteiger partial charge in [0.2, 0.25) is 0 Å². The van der Waals surface area contributed by atoms with Gasteiger partial charge in [-0.3, -0.25) is 4.90 Å². The number of unbranched alkanes of at least 4 members (excludes halogenated alkanes) is 1. The highest BCUT2D eigenvalue weighted by Gasteiger charge is 2.23. The third-order valence-corrected chi connectivity index (χ3v) is 4.86. The highest BCUT2D eigenvalue weighted by atomic mass is 16.2. The molecule has 0 spiro atoms. The van der Waals surface area contributed by atoms with Crippen LogP contribution in [0.4, 0.5) is 16.2 Å². The number of hydrogen-bond acceptors (Lipinski definition) is 2. The minimum absolute atomic E-state index is 0.00300.